The van der Waals surface area contributed by atoms with Gasteiger partial charge in [0.15, 0.2) is 0 Å². The van der Waals surface area contributed by atoms with Gasteiger partial charge in [0.05, 0.1) is 5.69 Å². The van der Waals surface area contributed by atoms with E-state index in [1.54, 1.807) is 6.20 Å². The summed E-state index contributed by atoms with van der Waals surface area (Å²) < 4.78 is 1.86. The Hall–Kier alpha value is -1.95. The molecule has 3 heterocycles. The van der Waals surface area contributed by atoms with E-state index in [4.69, 9.17) is 0 Å². The first-order valence-electron chi connectivity index (χ1n) is 6.49. The van der Waals surface area contributed by atoms with Gasteiger partial charge in [-0.3, -0.25) is 14.1 Å². The van der Waals surface area contributed by atoms with Crippen LogP contribution < -0.4 is 0 Å². The number of piperidine rings is 1. The number of hydrogen-bond acceptors (Lipinski definition) is 4. The van der Waals surface area contributed by atoms with E-state index in [1.807, 2.05) is 27.8 Å². The molecule has 0 amide bonds. The molecule has 1 N–H and O–H groups in total. The molecular weight excluding hydrogens is 244 g/mol. The van der Waals surface area contributed by atoms with Gasteiger partial charge in [-0.05, 0) is 25.5 Å². The van der Waals surface area contributed by atoms with Gasteiger partial charge >= 0.3 is 5.97 Å². The second kappa shape index (κ2) is 4.97. The highest BCUT2D eigenvalue weighted by atomic mass is 16.4. The van der Waals surface area contributed by atoms with Crippen LogP contribution in [0.1, 0.15) is 25.0 Å². The Kier molecular flexibility index (Phi) is 3.16. The smallest absolute Gasteiger partial charge is 0.320 e. The highest BCUT2D eigenvalue weighted by Gasteiger charge is 2.28. The highest BCUT2D eigenvalue weighted by molar-refractivity contribution is 5.73. The van der Waals surface area contributed by atoms with Crippen molar-refractivity contribution in [1.29, 1.82) is 0 Å². The van der Waals surface area contributed by atoms with Gasteiger partial charge in [-0.1, -0.05) is 6.42 Å². The first-order chi connectivity index (χ1) is 9.24. The maximum Gasteiger partial charge on any atom is 0.320 e. The maximum atomic E-state index is 11.2. The molecule has 0 radical (unpaired) electrons. The summed E-state index contributed by atoms with van der Waals surface area (Å²) in [5.41, 5.74) is 0.867. The van der Waals surface area contributed by atoms with Crippen LogP contribution in [0.3, 0.4) is 0 Å². The normalized spacial score (nSPS) is 20.7. The molecule has 1 aliphatic rings. The Morgan fingerprint density at radius 2 is 2.37 bits per heavy atom. The number of likely N-dealkylation sites (tertiary alicyclic amines) is 1. The zero-order valence-electron chi connectivity index (χ0n) is 10.6. The molecule has 0 bridgehead atoms. The summed E-state index contributed by atoms with van der Waals surface area (Å²) in [6.07, 6.45) is 8.27. The molecule has 3 rings (SSSR count). The van der Waals surface area contributed by atoms with Crippen LogP contribution in [0.2, 0.25) is 0 Å². The number of nitrogens with zero attached hydrogens (tertiary/aromatic N) is 4. The van der Waals surface area contributed by atoms with Crippen LogP contribution in [0.4, 0.5) is 0 Å². The van der Waals surface area contributed by atoms with Crippen LogP contribution in [0.15, 0.2) is 24.7 Å². The van der Waals surface area contributed by atoms with E-state index >= 15 is 0 Å². The fraction of sp³-hybridized carbons (Fsp3) is 0.462. The first kappa shape index (κ1) is 12.1. The predicted octanol–water partition coefficient (Wildman–Crippen LogP) is 1.17. The summed E-state index contributed by atoms with van der Waals surface area (Å²) in [6, 6.07) is 1.46. The van der Waals surface area contributed by atoms with Crippen LogP contribution in [0, 0.1) is 0 Å². The number of carboxylic acid groups (broad SMARTS) is 1. The van der Waals surface area contributed by atoms with Crippen LogP contribution in [0.5, 0.6) is 0 Å². The van der Waals surface area contributed by atoms with Gasteiger partial charge in [0.25, 0.3) is 0 Å². The Labute approximate surface area is 110 Å². The van der Waals surface area contributed by atoms with Gasteiger partial charge < -0.3 is 5.11 Å². The van der Waals surface area contributed by atoms with Gasteiger partial charge in [-0.25, -0.2) is 9.97 Å². The number of aromatic nitrogens is 3. The van der Waals surface area contributed by atoms with Gasteiger partial charge in [-0.15, -0.1) is 0 Å². The number of carbonyl (C=O) groups is 1. The Morgan fingerprint density at radius 1 is 1.47 bits per heavy atom. The number of imidazole rings is 1. The molecule has 2 aromatic rings. The monoisotopic (exact) mass is 260 g/mol. The summed E-state index contributed by atoms with van der Waals surface area (Å²) in [5, 5.41) is 9.25. The zero-order valence-corrected chi connectivity index (χ0v) is 10.6. The molecule has 1 atom stereocenters. The average Bonchev–Trinajstić information content (AvgIpc) is 2.81. The summed E-state index contributed by atoms with van der Waals surface area (Å²) >= 11 is 0. The number of aliphatic carboxylic acids is 1. The van der Waals surface area contributed by atoms with Crippen molar-refractivity contribution in [2.45, 2.75) is 31.8 Å². The van der Waals surface area contributed by atoms with Gasteiger partial charge in [0.1, 0.15) is 6.04 Å². The molecule has 100 valence electrons. The van der Waals surface area contributed by atoms with Gasteiger partial charge in [0.2, 0.25) is 5.78 Å². The van der Waals surface area contributed by atoms with Crippen molar-refractivity contribution in [2.75, 3.05) is 6.54 Å². The molecule has 1 saturated heterocycles. The minimum Gasteiger partial charge on any atom is -0.480 e. The van der Waals surface area contributed by atoms with E-state index in [2.05, 4.69) is 9.97 Å². The molecule has 0 spiro atoms. The molecule has 2 aromatic heterocycles. The maximum absolute atomic E-state index is 11.2. The fourth-order valence-electron chi connectivity index (χ4n) is 2.62. The quantitative estimate of drug-likeness (QED) is 0.897. The minimum atomic E-state index is -0.735. The number of carboxylic acids is 1. The van der Waals surface area contributed by atoms with E-state index in [-0.39, 0.29) is 6.04 Å². The van der Waals surface area contributed by atoms with Crippen molar-refractivity contribution in [1.82, 2.24) is 19.3 Å². The van der Waals surface area contributed by atoms with E-state index in [1.165, 1.54) is 0 Å². The summed E-state index contributed by atoms with van der Waals surface area (Å²) in [5.74, 6) is -0.0806. The Morgan fingerprint density at radius 3 is 3.16 bits per heavy atom. The third kappa shape index (κ3) is 2.44. The zero-order chi connectivity index (χ0) is 13.2. The third-order valence-corrected chi connectivity index (χ3v) is 3.55. The number of hydrogen-bond donors (Lipinski definition) is 1. The molecule has 0 aromatic carbocycles. The standard InChI is InChI=1S/C13H16N4O2/c18-12(19)11-4-1-2-6-16(11)8-10-9-17-7-3-5-14-13(17)15-10/h3,5,7,9,11H,1-2,4,6,8H2,(H,18,19). The lowest BCUT2D eigenvalue weighted by atomic mass is 10.0. The van der Waals surface area contributed by atoms with E-state index < -0.39 is 5.97 Å². The van der Waals surface area contributed by atoms with E-state index in [9.17, 15) is 9.90 Å². The van der Waals surface area contributed by atoms with Crippen LogP contribution >= 0.6 is 0 Å². The molecule has 0 saturated carbocycles. The predicted molar refractivity (Wildman–Crippen MR) is 68.7 cm³/mol. The topological polar surface area (TPSA) is 70.7 Å². The Bertz CT molecular complexity index is 562. The van der Waals surface area contributed by atoms with Crippen molar-refractivity contribution < 1.29 is 9.90 Å². The van der Waals surface area contributed by atoms with Crippen molar-refractivity contribution in [3.63, 3.8) is 0 Å². The lowest BCUT2D eigenvalue weighted by Gasteiger charge is -2.32. The second-order valence-corrected chi connectivity index (χ2v) is 4.88. The van der Waals surface area contributed by atoms with Crippen molar-refractivity contribution in [3.05, 3.63) is 30.4 Å². The van der Waals surface area contributed by atoms with Crippen LogP contribution in [-0.2, 0) is 11.3 Å². The first-order valence-corrected chi connectivity index (χ1v) is 6.49. The van der Waals surface area contributed by atoms with Crippen LogP contribution in [-0.4, -0.2) is 42.9 Å². The van der Waals surface area contributed by atoms with E-state index in [0.29, 0.717) is 12.3 Å². The third-order valence-electron chi connectivity index (χ3n) is 3.55. The molecule has 0 aliphatic carbocycles. The lowest BCUT2D eigenvalue weighted by Crippen LogP contribution is -2.44. The van der Waals surface area contributed by atoms with Crippen molar-refractivity contribution in [2.24, 2.45) is 0 Å². The molecule has 19 heavy (non-hydrogen) atoms. The second-order valence-electron chi connectivity index (χ2n) is 4.88. The SMILES string of the molecule is O=C(O)C1CCCCN1Cc1cn2cccnc2n1. The Balaban J connectivity index is 1.80. The van der Waals surface area contributed by atoms with E-state index in [0.717, 1.165) is 31.5 Å². The number of fused-ring (bicyclic) bond motifs is 1. The molecule has 1 fully saturated rings. The van der Waals surface area contributed by atoms with Crippen molar-refractivity contribution >= 4 is 11.7 Å². The molecule has 6 nitrogen and oxygen atoms in total. The van der Waals surface area contributed by atoms with Crippen molar-refractivity contribution in [3.8, 4) is 0 Å². The molecule has 1 aliphatic heterocycles. The molecule has 6 heteroatoms. The summed E-state index contributed by atoms with van der Waals surface area (Å²) in [7, 11) is 0. The average molecular weight is 260 g/mol. The van der Waals surface area contributed by atoms with Gasteiger partial charge in [-0.2, -0.15) is 0 Å². The van der Waals surface area contributed by atoms with Gasteiger partial charge in [0, 0.05) is 25.1 Å². The highest BCUT2D eigenvalue weighted by Crippen LogP contribution is 2.19. The van der Waals surface area contributed by atoms with Crippen LogP contribution in [0.25, 0.3) is 5.78 Å². The lowest BCUT2D eigenvalue weighted by molar-refractivity contribution is -0.144. The largest absolute Gasteiger partial charge is 0.480 e. The molecule has 1 unspecified atom stereocenters. The molecular formula is C13H16N4O2. The summed E-state index contributed by atoms with van der Waals surface area (Å²) in [4.78, 5) is 21.8. The minimum absolute atomic E-state index is 0.383. The number of rotatable bonds is 3. The summed E-state index contributed by atoms with van der Waals surface area (Å²) in [6.45, 7) is 1.39. The fourth-order valence-corrected chi connectivity index (χ4v) is 2.62.